The molecule has 2 N–H and O–H groups in total. The van der Waals surface area contributed by atoms with Gasteiger partial charge in [0.15, 0.2) is 5.13 Å². The molecule has 15 heavy (non-hydrogen) atoms. The number of hydrogen-bond acceptors (Lipinski definition) is 5. The van der Waals surface area contributed by atoms with Gasteiger partial charge in [0.2, 0.25) is 10.0 Å². The van der Waals surface area contributed by atoms with Gasteiger partial charge in [-0.15, -0.1) is 0 Å². The van der Waals surface area contributed by atoms with Crippen LogP contribution in [0, 0.1) is 0 Å². The number of anilines is 1. The fourth-order valence-corrected chi connectivity index (χ4v) is 2.89. The summed E-state index contributed by atoms with van der Waals surface area (Å²) in [6.07, 6.45) is 1.61. The number of thiazole rings is 1. The predicted octanol–water partition coefficient (Wildman–Crippen LogP) is 0.993. The van der Waals surface area contributed by atoms with E-state index in [1.165, 1.54) is 0 Å². The third-order valence-corrected chi connectivity index (χ3v) is 3.91. The molecule has 1 heterocycles. The molecule has 0 saturated heterocycles. The Kier molecular flexibility index (Phi) is 3.64. The summed E-state index contributed by atoms with van der Waals surface area (Å²) in [6, 6.07) is 0. The zero-order chi connectivity index (χ0) is 11.5. The zero-order valence-corrected chi connectivity index (χ0v) is 9.56. The molecule has 0 atom stereocenters. The van der Waals surface area contributed by atoms with E-state index < -0.39 is 16.0 Å². The lowest BCUT2D eigenvalue weighted by atomic mass is 10.6. The van der Waals surface area contributed by atoms with Gasteiger partial charge < -0.3 is 5.11 Å². The number of nitrogens with zero attached hydrogens (tertiary/aromatic N) is 1. The highest BCUT2D eigenvalue weighted by Gasteiger charge is 2.13. The number of carboxylic acids is 1. The molecule has 0 radical (unpaired) electrons. The average molecular weight is 250 g/mol. The second-order valence-corrected chi connectivity index (χ2v) is 5.63. The average Bonchev–Trinajstić information content (AvgIpc) is 2.51. The van der Waals surface area contributed by atoms with Gasteiger partial charge in [0.1, 0.15) is 4.88 Å². The first kappa shape index (κ1) is 11.9. The Balaban J connectivity index is 2.77. The molecule has 0 aliphatic heterocycles. The van der Waals surface area contributed by atoms with E-state index >= 15 is 0 Å². The van der Waals surface area contributed by atoms with Crippen molar-refractivity contribution >= 4 is 32.5 Å². The number of sulfonamides is 1. The normalized spacial score (nSPS) is 11.3. The number of nitrogens with one attached hydrogen (secondary N) is 1. The van der Waals surface area contributed by atoms with Gasteiger partial charge in [-0.2, -0.15) is 0 Å². The molecule has 0 aromatic carbocycles. The Labute approximate surface area is 91.0 Å². The zero-order valence-electron chi connectivity index (χ0n) is 7.93. The van der Waals surface area contributed by atoms with Gasteiger partial charge in [0.25, 0.3) is 0 Å². The summed E-state index contributed by atoms with van der Waals surface area (Å²) in [5.74, 6) is -1.12. The summed E-state index contributed by atoms with van der Waals surface area (Å²) in [5, 5.41) is 8.68. The lowest BCUT2D eigenvalue weighted by Crippen LogP contribution is -2.15. The molecular weight excluding hydrogens is 240 g/mol. The van der Waals surface area contributed by atoms with Crippen molar-refractivity contribution in [2.75, 3.05) is 10.5 Å². The molecule has 1 aromatic rings. The molecule has 0 bridgehead atoms. The third kappa shape index (κ3) is 3.48. The summed E-state index contributed by atoms with van der Waals surface area (Å²) in [6.45, 7) is 1.74. The third-order valence-electron chi connectivity index (χ3n) is 1.43. The van der Waals surface area contributed by atoms with Gasteiger partial charge in [0, 0.05) is 0 Å². The molecule has 84 valence electrons. The number of aromatic carboxylic acids is 1. The van der Waals surface area contributed by atoms with Gasteiger partial charge >= 0.3 is 5.97 Å². The largest absolute Gasteiger partial charge is 0.477 e. The maximum absolute atomic E-state index is 11.3. The van der Waals surface area contributed by atoms with E-state index in [4.69, 9.17) is 5.11 Å². The van der Waals surface area contributed by atoms with Crippen LogP contribution in [0.2, 0.25) is 0 Å². The maximum atomic E-state index is 11.3. The van der Waals surface area contributed by atoms with Crippen LogP contribution in [0.4, 0.5) is 5.13 Å². The lowest BCUT2D eigenvalue weighted by molar-refractivity contribution is 0.0702. The Morgan fingerprint density at radius 2 is 2.33 bits per heavy atom. The Morgan fingerprint density at radius 1 is 1.67 bits per heavy atom. The van der Waals surface area contributed by atoms with Crippen molar-refractivity contribution in [1.29, 1.82) is 0 Å². The van der Waals surface area contributed by atoms with E-state index in [1.807, 2.05) is 0 Å². The maximum Gasteiger partial charge on any atom is 0.347 e. The van der Waals surface area contributed by atoms with Crippen LogP contribution >= 0.6 is 11.3 Å². The van der Waals surface area contributed by atoms with Crippen LogP contribution in [-0.4, -0.2) is 30.2 Å². The number of carboxylic acid groups (broad SMARTS) is 1. The fraction of sp³-hybridized carbons (Fsp3) is 0.429. The highest BCUT2D eigenvalue weighted by Crippen LogP contribution is 2.19. The van der Waals surface area contributed by atoms with Gasteiger partial charge in [-0.3, -0.25) is 4.72 Å². The second-order valence-electron chi connectivity index (χ2n) is 2.76. The molecule has 1 aromatic heterocycles. The van der Waals surface area contributed by atoms with Crippen molar-refractivity contribution in [2.24, 2.45) is 0 Å². The SMILES string of the molecule is CCCS(=O)(=O)Nc1ncc(C(=O)O)s1. The van der Waals surface area contributed by atoms with Crippen LogP contribution in [0.25, 0.3) is 0 Å². The molecule has 0 aliphatic rings. The standard InChI is InChI=1S/C7H10N2O4S2/c1-2-3-15(12,13)9-7-8-4-5(14-7)6(10)11/h4H,2-3H2,1H3,(H,8,9)(H,10,11). The molecule has 0 amide bonds. The summed E-state index contributed by atoms with van der Waals surface area (Å²) < 4.78 is 24.8. The van der Waals surface area contributed by atoms with E-state index in [-0.39, 0.29) is 15.8 Å². The van der Waals surface area contributed by atoms with Crippen LogP contribution in [0.15, 0.2) is 6.20 Å². The van der Waals surface area contributed by atoms with Crippen LogP contribution in [0.1, 0.15) is 23.0 Å². The van der Waals surface area contributed by atoms with E-state index in [0.29, 0.717) is 6.42 Å². The van der Waals surface area contributed by atoms with E-state index in [1.54, 1.807) is 6.92 Å². The summed E-state index contributed by atoms with van der Waals surface area (Å²) in [5.41, 5.74) is 0. The van der Waals surface area contributed by atoms with Gasteiger partial charge in [0.05, 0.1) is 11.9 Å². The van der Waals surface area contributed by atoms with Gasteiger partial charge in [-0.25, -0.2) is 18.2 Å². The van der Waals surface area contributed by atoms with Crippen molar-refractivity contribution < 1.29 is 18.3 Å². The van der Waals surface area contributed by atoms with Crippen molar-refractivity contribution in [3.8, 4) is 0 Å². The number of hydrogen-bond donors (Lipinski definition) is 2. The first-order chi connectivity index (χ1) is 6.94. The summed E-state index contributed by atoms with van der Waals surface area (Å²) in [4.78, 5) is 14.2. The van der Waals surface area contributed by atoms with Crippen molar-refractivity contribution in [1.82, 2.24) is 4.98 Å². The monoisotopic (exact) mass is 250 g/mol. The van der Waals surface area contributed by atoms with Crippen molar-refractivity contribution in [2.45, 2.75) is 13.3 Å². The van der Waals surface area contributed by atoms with Crippen molar-refractivity contribution in [3.05, 3.63) is 11.1 Å². The Morgan fingerprint density at radius 3 is 2.80 bits per heavy atom. The second kappa shape index (κ2) is 4.58. The van der Waals surface area contributed by atoms with Gasteiger partial charge in [-0.05, 0) is 6.42 Å². The smallest absolute Gasteiger partial charge is 0.347 e. The highest BCUT2D eigenvalue weighted by molar-refractivity contribution is 7.92. The van der Waals surface area contributed by atoms with Crippen LogP contribution < -0.4 is 4.72 Å². The van der Waals surface area contributed by atoms with Crippen molar-refractivity contribution in [3.63, 3.8) is 0 Å². The molecule has 6 nitrogen and oxygen atoms in total. The van der Waals surface area contributed by atoms with Crippen LogP contribution in [0.5, 0.6) is 0 Å². The number of aromatic nitrogens is 1. The minimum atomic E-state index is -3.39. The van der Waals surface area contributed by atoms with E-state index in [0.717, 1.165) is 17.5 Å². The van der Waals surface area contributed by atoms with Crippen LogP contribution in [0.3, 0.4) is 0 Å². The molecule has 0 fully saturated rings. The Bertz CT molecular complexity index is 451. The summed E-state index contributed by atoms with van der Waals surface area (Å²) in [7, 11) is -3.39. The molecular formula is C7H10N2O4S2. The minimum absolute atomic E-state index is 0.00389. The molecule has 0 unspecified atom stereocenters. The highest BCUT2D eigenvalue weighted by atomic mass is 32.2. The number of carbonyl (C=O) groups is 1. The molecule has 8 heteroatoms. The lowest BCUT2D eigenvalue weighted by Gasteiger charge is -2.01. The first-order valence-electron chi connectivity index (χ1n) is 4.14. The quantitative estimate of drug-likeness (QED) is 0.812. The fourth-order valence-electron chi connectivity index (χ4n) is 0.873. The first-order valence-corrected chi connectivity index (χ1v) is 6.61. The van der Waals surface area contributed by atoms with Crippen LogP contribution in [-0.2, 0) is 10.0 Å². The van der Waals surface area contributed by atoms with E-state index in [9.17, 15) is 13.2 Å². The minimum Gasteiger partial charge on any atom is -0.477 e. The van der Waals surface area contributed by atoms with Gasteiger partial charge in [-0.1, -0.05) is 18.3 Å². The van der Waals surface area contributed by atoms with E-state index in [2.05, 4.69) is 9.71 Å². The Hall–Kier alpha value is -1.15. The predicted molar refractivity (Wildman–Crippen MR) is 56.8 cm³/mol. The molecule has 0 aliphatic carbocycles. The summed E-state index contributed by atoms with van der Waals surface area (Å²) >= 11 is 0.793. The topological polar surface area (TPSA) is 96.4 Å². The molecule has 1 rings (SSSR count). The molecule has 0 spiro atoms. The molecule has 0 saturated carbocycles. The number of rotatable bonds is 5.